The SMILES string of the molecule is CN(C)C(=O)CN=C(NCC1CCOC1)N1CCC(OCC2CCCO2)CC1. The van der Waals surface area contributed by atoms with Gasteiger partial charge in [-0.2, -0.15) is 0 Å². The highest BCUT2D eigenvalue weighted by Gasteiger charge is 2.25. The molecule has 3 fully saturated rings. The molecule has 160 valence electrons. The molecule has 3 aliphatic heterocycles. The Morgan fingerprint density at radius 1 is 1.21 bits per heavy atom. The van der Waals surface area contributed by atoms with Crippen molar-refractivity contribution in [2.75, 3.05) is 66.7 Å². The van der Waals surface area contributed by atoms with E-state index >= 15 is 0 Å². The van der Waals surface area contributed by atoms with Gasteiger partial charge in [-0.25, -0.2) is 4.99 Å². The van der Waals surface area contributed by atoms with Gasteiger partial charge in [0.25, 0.3) is 0 Å². The molecule has 3 saturated heterocycles. The van der Waals surface area contributed by atoms with Crippen LogP contribution in [0.25, 0.3) is 0 Å². The Morgan fingerprint density at radius 2 is 2.04 bits per heavy atom. The third-order valence-corrected chi connectivity index (χ3v) is 5.72. The predicted molar refractivity (Wildman–Crippen MR) is 107 cm³/mol. The highest BCUT2D eigenvalue weighted by atomic mass is 16.5. The summed E-state index contributed by atoms with van der Waals surface area (Å²) in [6.45, 7) is 6.01. The molecule has 0 aromatic heterocycles. The van der Waals surface area contributed by atoms with E-state index in [0.29, 0.717) is 12.5 Å². The molecule has 8 heteroatoms. The van der Waals surface area contributed by atoms with Gasteiger partial charge in [-0.3, -0.25) is 4.79 Å². The molecule has 0 aliphatic carbocycles. The Balaban J connectivity index is 1.47. The first-order chi connectivity index (χ1) is 13.6. The van der Waals surface area contributed by atoms with E-state index in [1.807, 2.05) is 0 Å². The van der Waals surface area contributed by atoms with E-state index in [9.17, 15) is 4.79 Å². The zero-order valence-electron chi connectivity index (χ0n) is 17.4. The summed E-state index contributed by atoms with van der Waals surface area (Å²) in [4.78, 5) is 20.4. The van der Waals surface area contributed by atoms with Crippen molar-refractivity contribution in [2.45, 2.75) is 44.3 Å². The van der Waals surface area contributed by atoms with Crippen molar-refractivity contribution < 1.29 is 19.0 Å². The summed E-state index contributed by atoms with van der Waals surface area (Å²) in [5.74, 6) is 1.36. The number of amides is 1. The van der Waals surface area contributed by atoms with Crippen molar-refractivity contribution in [3.8, 4) is 0 Å². The fourth-order valence-corrected chi connectivity index (χ4v) is 3.79. The van der Waals surface area contributed by atoms with Crippen LogP contribution in [0.1, 0.15) is 32.1 Å². The molecule has 0 aromatic rings. The minimum absolute atomic E-state index is 0.0123. The lowest BCUT2D eigenvalue weighted by molar-refractivity contribution is -0.127. The molecule has 3 rings (SSSR count). The van der Waals surface area contributed by atoms with Crippen LogP contribution in [0.3, 0.4) is 0 Å². The number of hydrogen-bond acceptors (Lipinski definition) is 5. The van der Waals surface area contributed by atoms with Crippen molar-refractivity contribution >= 4 is 11.9 Å². The van der Waals surface area contributed by atoms with Crippen LogP contribution >= 0.6 is 0 Å². The highest BCUT2D eigenvalue weighted by molar-refractivity contribution is 5.84. The number of piperidine rings is 1. The number of carbonyl (C=O) groups excluding carboxylic acids is 1. The van der Waals surface area contributed by atoms with Crippen LogP contribution in [0.15, 0.2) is 4.99 Å². The van der Waals surface area contributed by atoms with Crippen LogP contribution in [0.4, 0.5) is 0 Å². The van der Waals surface area contributed by atoms with E-state index in [2.05, 4.69) is 15.2 Å². The van der Waals surface area contributed by atoms with Crippen LogP contribution in [0.5, 0.6) is 0 Å². The molecule has 2 unspecified atom stereocenters. The third kappa shape index (κ3) is 6.60. The quantitative estimate of drug-likeness (QED) is 0.505. The smallest absolute Gasteiger partial charge is 0.243 e. The third-order valence-electron chi connectivity index (χ3n) is 5.72. The Labute approximate surface area is 168 Å². The zero-order chi connectivity index (χ0) is 19.8. The van der Waals surface area contributed by atoms with E-state index in [1.165, 1.54) is 0 Å². The number of ether oxygens (including phenoxy) is 3. The summed E-state index contributed by atoms with van der Waals surface area (Å²) in [5, 5.41) is 3.48. The van der Waals surface area contributed by atoms with Gasteiger partial charge < -0.3 is 29.3 Å². The number of likely N-dealkylation sites (tertiary alicyclic amines) is 1. The van der Waals surface area contributed by atoms with E-state index in [4.69, 9.17) is 14.2 Å². The van der Waals surface area contributed by atoms with Crippen LogP contribution in [0.2, 0.25) is 0 Å². The van der Waals surface area contributed by atoms with Gasteiger partial charge in [0, 0.05) is 52.9 Å². The standard InChI is InChI=1S/C20H36N4O4/c1-23(2)19(25)13-22-20(21-12-16-7-11-26-14-16)24-8-5-17(6-9-24)28-15-18-4-3-10-27-18/h16-18H,3-15H2,1-2H3,(H,21,22). The monoisotopic (exact) mass is 396 g/mol. The molecule has 28 heavy (non-hydrogen) atoms. The zero-order valence-corrected chi connectivity index (χ0v) is 17.4. The first-order valence-electron chi connectivity index (χ1n) is 10.7. The van der Waals surface area contributed by atoms with Gasteiger partial charge in [-0.15, -0.1) is 0 Å². The summed E-state index contributed by atoms with van der Waals surface area (Å²) >= 11 is 0. The first kappa shape index (κ1) is 21.3. The van der Waals surface area contributed by atoms with Crippen molar-refractivity contribution in [3.05, 3.63) is 0 Å². The fourth-order valence-electron chi connectivity index (χ4n) is 3.79. The van der Waals surface area contributed by atoms with Gasteiger partial charge in [-0.1, -0.05) is 0 Å². The number of aliphatic imine (C=N–C) groups is 1. The van der Waals surface area contributed by atoms with Crippen LogP contribution < -0.4 is 5.32 Å². The normalized spacial score (nSPS) is 26.6. The van der Waals surface area contributed by atoms with E-state index < -0.39 is 0 Å². The molecular weight excluding hydrogens is 360 g/mol. The lowest BCUT2D eigenvalue weighted by Gasteiger charge is -2.35. The number of likely N-dealkylation sites (N-methyl/N-ethyl adjacent to an activating group) is 1. The van der Waals surface area contributed by atoms with Crippen LogP contribution in [-0.2, 0) is 19.0 Å². The molecule has 0 spiro atoms. The minimum Gasteiger partial charge on any atom is -0.381 e. The number of nitrogens with one attached hydrogen (secondary N) is 1. The number of guanidine groups is 1. The maximum Gasteiger partial charge on any atom is 0.243 e. The summed E-state index contributed by atoms with van der Waals surface area (Å²) in [7, 11) is 3.52. The molecule has 8 nitrogen and oxygen atoms in total. The lowest BCUT2D eigenvalue weighted by atomic mass is 10.1. The highest BCUT2D eigenvalue weighted by Crippen LogP contribution is 2.18. The van der Waals surface area contributed by atoms with Gasteiger partial charge in [-0.05, 0) is 32.1 Å². The van der Waals surface area contributed by atoms with E-state index in [0.717, 1.165) is 77.5 Å². The number of hydrogen-bond donors (Lipinski definition) is 1. The van der Waals surface area contributed by atoms with Gasteiger partial charge >= 0.3 is 0 Å². The molecule has 3 aliphatic rings. The number of rotatable bonds is 7. The summed E-state index contributed by atoms with van der Waals surface area (Å²) in [5.41, 5.74) is 0. The fraction of sp³-hybridized carbons (Fsp3) is 0.900. The Bertz CT molecular complexity index is 508. The Morgan fingerprint density at radius 3 is 2.68 bits per heavy atom. The second-order valence-corrected chi connectivity index (χ2v) is 8.19. The minimum atomic E-state index is 0.0123. The molecule has 2 atom stereocenters. The molecule has 1 amide bonds. The summed E-state index contributed by atoms with van der Waals surface area (Å²) in [6, 6.07) is 0. The van der Waals surface area contributed by atoms with Gasteiger partial charge in [0.2, 0.25) is 5.91 Å². The van der Waals surface area contributed by atoms with Crippen molar-refractivity contribution in [1.82, 2.24) is 15.1 Å². The number of nitrogens with zero attached hydrogens (tertiary/aromatic N) is 3. The van der Waals surface area contributed by atoms with E-state index in [1.54, 1.807) is 19.0 Å². The van der Waals surface area contributed by atoms with Crippen LogP contribution in [0, 0.1) is 5.92 Å². The molecule has 1 N–H and O–H groups in total. The van der Waals surface area contributed by atoms with Gasteiger partial charge in [0.05, 0.1) is 25.4 Å². The van der Waals surface area contributed by atoms with Gasteiger partial charge in [0.15, 0.2) is 5.96 Å². The van der Waals surface area contributed by atoms with Gasteiger partial charge in [0.1, 0.15) is 6.54 Å². The second kappa shape index (κ2) is 11.0. The molecule has 0 aromatic carbocycles. The average molecular weight is 397 g/mol. The van der Waals surface area contributed by atoms with Crippen molar-refractivity contribution in [2.24, 2.45) is 10.9 Å². The first-order valence-corrected chi connectivity index (χ1v) is 10.7. The largest absolute Gasteiger partial charge is 0.381 e. The average Bonchev–Trinajstić information content (AvgIpc) is 3.40. The predicted octanol–water partition coefficient (Wildman–Crippen LogP) is 0.717. The molecular formula is C20H36N4O4. The maximum atomic E-state index is 12.0. The summed E-state index contributed by atoms with van der Waals surface area (Å²) < 4.78 is 17.2. The topological polar surface area (TPSA) is 75.6 Å². The van der Waals surface area contributed by atoms with Crippen molar-refractivity contribution in [1.29, 1.82) is 0 Å². The molecule has 3 heterocycles. The Hall–Kier alpha value is -1.38. The number of carbonyl (C=O) groups is 1. The molecule has 0 bridgehead atoms. The molecule has 0 saturated carbocycles. The summed E-state index contributed by atoms with van der Waals surface area (Å²) in [6.07, 6.45) is 5.86. The van der Waals surface area contributed by atoms with E-state index in [-0.39, 0.29) is 24.7 Å². The maximum absolute atomic E-state index is 12.0. The van der Waals surface area contributed by atoms with Crippen molar-refractivity contribution in [3.63, 3.8) is 0 Å². The lowest BCUT2D eigenvalue weighted by Crippen LogP contribution is -2.48. The molecule has 0 radical (unpaired) electrons. The van der Waals surface area contributed by atoms with Crippen LogP contribution in [-0.4, -0.2) is 101 Å². The Kier molecular flexibility index (Phi) is 8.36. The second-order valence-electron chi connectivity index (χ2n) is 8.19.